The van der Waals surface area contributed by atoms with Crippen molar-refractivity contribution < 1.29 is 14.6 Å². The van der Waals surface area contributed by atoms with Gasteiger partial charge in [0.25, 0.3) is 0 Å². The molecule has 0 amide bonds. The van der Waals surface area contributed by atoms with Crippen molar-refractivity contribution >= 4 is 23.3 Å². The highest BCUT2D eigenvalue weighted by Crippen LogP contribution is 2.30. The van der Waals surface area contributed by atoms with E-state index in [1.165, 1.54) is 13.2 Å². The van der Waals surface area contributed by atoms with Gasteiger partial charge in [-0.3, -0.25) is 0 Å². The molecule has 1 rings (SSSR count). The van der Waals surface area contributed by atoms with E-state index in [0.29, 0.717) is 16.5 Å². The Kier molecular flexibility index (Phi) is 5.92. The van der Waals surface area contributed by atoms with Gasteiger partial charge in [0.15, 0.2) is 0 Å². The van der Waals surface area contributed by atoms with Crippen molar-refractivity contribution in [1.29, 1.82) is 0 Å². The fraction of sp³-hybridized carbons (Fsp3) is 0.462. The standard InChI is InChI=1S/C13H19ClN2O3/c1-16(2)6-4-5-15-11-8-12(19-3)9(13(17)18)7-10(11)14/h7-8,15H,4-6H2,1-3H3,(H,17,18). The third-order valence-electron chi connectivity index (χ3n) is 2.62. The topological polar surface area (TPSA) is 61.8 Å². The summed E-state index contributed by atoms with van der Waals surface area (Å²) in [5, 5.41) is 12.6. The van der Waals surface area contributed by atoms with E-state index in [2.05, 4.69) is 10.2 Å². The maximum atomic E-state index is 11.0. The number of methoxy groups -OCH3 is 1. The van der Waals surface area contributed by atoms with Crippen LogP contribution in [0.2, 0.25) is 5.02 Å². The van der Waals surface area contributed by atoms with E-state index in [4.69, 9.17) is 21.4 Å². The summed E-state index contributed by atoms with van der Waals surface area (Å²) in [4.78, 5) is 13.1. The number of anilines is 1. The van der Waals surface area contributed by atoms with Crippen LogP contribution in [0.5, 0.6) is 5.75 Å². The number of carboxylic acids is 1. The minimum atomic E-state index is -1.06. The predicted molar refractivity (Wildman–Crippen MR) is 76.6 cm³/mol. The number of carbonyl (C=O) groups is 1. The van der Waals surface area contributed by atoms with Gasteiger partial charge in [-0.1, -0.05) is 11.6 Å². The minimum absolute atomic E-state index is 0.0614. The molecule has 0 saturated heterocycles. The van der Waals surface area contributed by atoms with Gasteiger partial charge in [0, 0.05) is 12.6 Å². The summed E-state index contributed by atoms with van der Waals surface area (Å²) in [6.45, 7) is 1.72. The Labute approximate surface area is 118 Å². The Hall–Kier alpha value is -1.46. The normalized spacial score (nSPS) is 10.6. The van der Waals surface area contributed by atoms with Gasteiger partial charge in [-0.15, -0.1) is 0 Å². The minimum Gasteiger partial charge on any atom is -0.496 e. The van der Waals surface area contributed by atoms with Crippen LogP contribution in [0.1, 0.15) is 16.8 Å². The molecule has 2 N–H and O–H groups in total. The molecular weight excluding hydrogens is 268 g/mol. The Balaban J connectivity index is 2.76. The highest BCUT2D eigenvalue weighted by molar-refractivity contribution is 6.33. The molecule has 5 nitrogen and oxygen atoms in total. The van der Waals surface area contributed by atoms with Gasteiger partial charge in [0.05, 0.1) is 17.8 Å². The Morgan fingerprint density at radius 2 is 2.16 bits per heavy atom. The van der Waals surface area contributed by atoms with E-state index >= 15 is 0 Å². The van der Waals surface area contributed by atoms with Crippen LogP contribution in [0.25, 0.3) is 0 Å². The van der Waals surface area contributed by atoms with Crippen LogP contribution in [0.4, 0.5) is 5.69 Å². The fourth-order valence-electron chi connectivity index (χ4n) is 1.64. The molecule has 0 aliphatic rings. The molecule has 0 heterocycles. The van der Waals surface area contributed by atoms with Crippen molar-refractivity contribution in [3.63, 3.8) is 0 Å². The van der Waals surface area contributed by atoms with Gasteiger partial charge in [-0.25, -0.2) is 4.79 Å². The fourth-order valence-corrected chi connectivity index (χ4v) is 1.87. The predicted octanol–water partition coefficient (Wildman–Crippen LogP) is 2.41. The highest BCUT2D eigenvalue weighted by atomic mass is 35.5. The van der Waals surface area contributed by atoms with Crippen molar-refractivity contribution in [2.24, 2.45) is 0 Å². The summed E-state index contributed by atoms with van der Waals surface area (Å²) in [5.41, 5.74) is 0.744. The maximum Gasteiger partial charge on any atom is 0.339 e. The summed E-state index contributed by atoms with van der Waals surface area (Å²) in [7, 11) is 5.46. The maximum absolute atomic E-state index is 11.0. The van der Waals surface area contributed by atoms with E-state index in [-0.39, 0.29) is 5.56 Å². The molecule has 1 aromatic rings. The number of carboxylic acid groups (broad SMARTS) is 1. The number of halogens is 1. The quantitative estimate of drug-likeness (QED) is 0.754. The molecule has 6 heteroatoms. The van der Waals surface area contributed by atoms with Gasteiger partial charge in [0.2, 0.25) is 0 Å². The van der Waals surface area contributed by atoms with E-state index in [1.807, 2.05) is 14.1 Å². The molecule has 0 atom stereocenters. The second-order valence-electron chi connectivity index (χ2n) is 4.42. The molecule has 0 saturated carbocycles. The lowest BCUT2D eigenvalue weighted by atomic mass is 10.1. The van der Waals surface area contributed by atoms with Gasteiger partial charge in [0.1, 0.15) is 11.3 Å². The zero-order valence-electron chi connectivity index (χ0n) is 11.4. The van der Waals surface area contributed by atoms with Crippen LogP contribution >= 0.6 is 11.6 Å². The van der Waals surface area contributed by atoms with E-state index in [0.717, 1.165) is 19.5 Å². The molecule has 0 fully saturated rings. The lowest BCUT2D eigenvalue weighted by Crippen LogP contribution is -2.16. The van der Waals surface area contributed by atoms with E-state index < -0.39 is 5.97 Å². The van der Waals surface area contributed by atoms with Crippen LogP contribution in [-0.4, -0.2) is 50.3 Å². The molecule has 19 heavy (non-hydrogen) atoms. The van der Waals surface area contributed by atoms with Crippen molar-refractivity contribution in [3.8, 4) is 5.75 Å². The van der Waals surface area contributed by atoms with Crippen molar-refractivity contribution in [2.45, 2.75) is 6.42 Å². The van der Waals surface area contributed by atoms with Crippen LogP contribution < -0.4 is 10.1 Å². The third kappa shape index (κ3) is 4.61. The first kappa shape index (κ1) is 15.6. The molecule has 0 spiro atoms. The van der Waals surface area contributed by atoms with Crippen LogP contribution in [0.15, 0.2) is 12.1 Å². The summed E-state index contributed by atoms with van der Waals surface area (Å²) >= 11 is 6.05. The SMILES string of the molecule is COc1cc(NCCCN(C)C)c(Cl)cc1C(=O)O. The Morgan fingerprint density at radius 1 is 1.47 bits per heavy atom. The number of hydrogen-bond acceptors (Lipinski definition) is 4. The highest BCUT2D eigenvalue weighted by Gasteiger charge is 2.14. The number of benzene rings is 1. The second-order valence-corrected chi connectivity index (χ2v) is 4.83. The molecule has 0 aromatic heterocycles. The first-order valence-corrected chi connectivity index (χ1v) is 6.33. The lowest BCUT2D eigenvalue weighted by molar-refractivity contribution is 0.0693. The molecule has 0 aliphatic heterocycles. The number of hydrogen-bond donors (Lipinski definition) is 2. The Bertz CT molecular complexity index is 450. The van der Waals surface area contributed by atoms with Crippen LogP contribution in [0, 0.1) is 0 Å². The summed E-state index contributed by atoms with van der Waals surface area (Å²) in [5.74, 6) is -0.759. The molecule has 106 valence electrons. The number of nitrogens with one attached hydrogen (secondary N) is 1. The zero-order valence-corrected chi connectivity index (χ0v) is 12.1. The molecule has 1 aromatic carbocycles. The first-order chi connectivity index (χ1) is 8.95. The number of nitrogens with zero attached hydrogens (tertiary/aromatic N) is 1. The Morgan fingerprint density at radius 3 is 2.68 bits per heavy atom. The number of ether oxygens (including phenoxy) is 1. The molecule has 0 bridgehead atoms. The monoisotopic (exact) mass is 286 g/mol. The smallest absolute Gasteiger partial charge is 0.339 e. The van der Waals surface area contributed by atoms with Gasteiger partial charge in [-0.2, -0.15) is 0 Å². The van der Waals surface area contributed by atoms with Gasteiger partial charge >= 0.3 is 5.97 Å². The first-order valence-electron chi connectivity index (χ1n) is 5.95. The molecule has 0 unspecified atom stereocenters. The number of rotatable bonds is 7. The largest absolute Gasteiger partial charge is 0.496 e. The van der Waals surface area contributed by atoms with E-state index in [9.17, 15) is 4.79 Å². The third-order valence-corrected chi connectivity index (χ3v) is 2.93. The van der Waals surface area contributed by atoms with E-state index in [1.54, 1.807) is 6.07 Å². The average molecular weight is 287 g/mol. The van der Waals surface area contributed by atoms with Crippen LogP contribution in [-0.2, 0) is 0 Å². The summed E-state index contributed by atoms with van der Waals surface area (Å²) < 4.78 is 5.06. The lowest BCUT2D eigenvalue weighted by Gasteiger charge is -2.13. The molecule has 0 aliphatic carbocycles. The van der Waals surface area contributed by atoms with Gasteiger partial charge in [-0.05, 0) is 33.1 Å². The average Bonchev–Trinajstić information content (AvgIpc) is 2.35. The van der Waals surface area contributed by atoms with Crippen LogP contribution in [0.3, 0.4) is 0 Å². The second kappa shape index (κ2) is 7.21. The molecular formula is C13H19ClN2O3. The number of aromatic carboxylic acids is 1. The zero-order chi connectivity index (χ0) is 14.4. The van der Waals surface area contributed by atoms with Crippen molar-refractivity contribution in [3.05, 3.63) is 22.7 Å². The van der Waals surface area contributed by atoms with Crippen molar-refractivity contribution in [1.82, 2.24) is 4.90 Å². The summed E-state index contributed by atoms with van der Waals surface area (Å²) in [6.07, 6.45) is 0.965. The van der Waals surface area contributed by atoms with Gasteiger partial charge < -0.3 is 20.1 Å². The molecule has 0 radical (unpaired) electrons. The summed E-state index contributed by atoms with van der Waals surface area (Å²) in [6, 6.07) is 3.01. The van der Waals surface area contributed by atoms with Crippen molar-refractivity contribution in [2.75, 3.05) is 39.6 Å².